The Morgan fingerprint density at radius 2 is 1.86 bits per heavy atom. The van der Waals surface area contributed by atoms with Crippen molar-refractivity contribution in [2.75, 3.05) is 49.0 Å². The van der Waals surface area contributed by atoms with Crippen LogP contribution in [0.1, 0.15) is 17.5 Å². The van der Waals surface area contributed by atoms with Crippen LogP contribution in [0.2, 0.25) is 0 Å². The quantitative estimate of drug-likeness (QED) is 0.370. The minimum absolute atomic E-state index is 0.133. The molecule has 214 valence electrons. The van der Waals surface area contributed by atoms with Crippen molar-refractivity contribution in [2.24, 2.45) is 4.99 Å². The molecular formula is C30H28F3N9. The summed E-state index contributed by atoms with van der Waals surface area (Å²) < 4.78 is 44.0. The molecule has 4 aromatic heterocycles. The number of hydrogen-bond donors (Lipinski definition) is 1. The predicted molar refractivity (Wildman–Crippen MR) is 155 cm³/mol. The van der Waals surface area contributed by atoms with Crippen LogP contribution in [0.15, 0.2) is 66.4 Å². The highest BCUT2D eigenvalue weighted by molar-refractivity contribution is 6.14. The van der Waals surface area contributed by atoms with E-state index < -0.39 is 17.9 Å². The van der Waals surface area contributed by atoms with Crippen molar-refractivity contribution in [3.63, 3.8) is 0 Å². The molecule has 7 heterocycles. The molecular weight excluding hydrogens is 543 g/mol. The van der Waals surface area contributed by atoms with E-state index in [1.165, 1.54) is 0 Å². The number of likely N-dealkylation sites (tertiary alicyclic amines) is 1. The number of likely N-dealkylation sites (N-methyl/N-ethyl adjacent to an activating group) is 1. The molecule has 0 amide bonds. The molecule has 0 spiro atoms. The molecule has 42 heavy (non-hydrogen) atoms. The summed E-state index contributed by atoms with van der Waals surface area (Å²) in [5.74, 6) is -3.20. The van der Waals surface area contributed by atoms with E-state index >= 15 is 4.39 Å². The van der Waals surface area contributed by atoms with Gasteiger partial charge in [0, 0.05) is 75.7 Å². The highest BCUT2D eigenvalue weighted by atomic mass is 19.3. The van der Waals surface area contributed by atoms with Gasteiger partial charge in [-0.1, -0.05) is 0 Å². The second kappa shape index (κ2) is 10.1. The zero-order valence-electron chi connectivity index (χ0n) is 23.1. The third kappa shape index (κ3) is 4.51. The Kier molecular flexibility index (Phi) is 6.30. The normalized spacial score (nSPS) is 19.4. The number of aromatic nitrogens is 4. The van der Waals surface area contributed by atoms with Crippen LogP contribution < -0.4 is 15.1 Å². The largest absolute Gasteiger partial charge is 0.358 e. The zero-order chi connectivity index (χ0) is 29.0. The number of anilines is 3. The van der Waals surface area contributed by atoms with Gasteiger partial charge in [0.1, 0.15) is 18.5 Å². The maximum Gasteiger partial charge on any atom is 0.261 e. The number of nitrogens with one attached hydrogen (secondary N) is 1. The van der Waals surface area contributed by atoms with Gasteiger partial charge in [-0.2, -0.15) is 0 Å². The lowest BCUT2D eigenvalue weighted by molar-refractivity contribution is 0.0115. The SMILES string of the molecule is CN1CN=C(C2Nc3ccnc(-c4cccnc4)c3N2C)c2c1cnc(-c1cncc(CN3CCC(F)(F)C3)c1)c2F. The van der Waals surface area contributed by atoms with Crippen molar-refractivity contribution in [3.8, 4) is 22.5 Å². The van der Waals surface area contributed by atoms with Gasteiger partial charge < -0.3 is 15.1 Å². The summed E-state index contributed by atoms with van der Waals surface area (Å²) in [5, 5.41) is 3.51. The summed E-state index contributed by atoms with van der Waals surface area (Å²) in [4.78, 5) is 28.0. The molecule has 1 atom stereocenters. The predicted octanol–water partition coefficient (Wildman–Crippen LogP) is 4.67. The van der Waals surface area contributed by atoms with E-state index in [2.05, 4.69) is 25.3 Å². The molecule has 0 radical (unpaired) electrons. The molecule has 1 N–H and O–H groups in total. The third-order valence-corrected chi connectivity index (χ3v) is 7.99. The third-order valence-electron chi connectivity index (χ3n) is 7.99. The summed E-state index contributed by atoms with van der Waals surface area (Å²) in [5.41, 5.74) is 6.23. The Labute approximate surface area is 240 Å². The molecule has 1 unspecified atom stereocenters. The second-order valence-electron chi connectivity index (χ2n) is 10.9. The van der Waals surface area contributed by atoms with Crippen LogP contribution in [0.5, 0.6) is 0 Å². The van der Waals surface area contributed by atoms with Crippen molar-refractivity contribution < 1.29 is 13.2 Å². The lowest BCUT2D eigenvalue weighted by Gasteiger charge is -2.32. The molecule has 7 rings (SSSR count). The minimum Gasteiger partial charge on any atom is -0.358 e. The van der Waals surface area contributed by atoms with Crippen molar-refractivity contribution in [2.45, 2.75) is 25.1 Å². The van der Waals surface area contributed by atoms with Crippen LogP contribution >= 0.6 is 0 Å². The van der Waals surface area contributed by atoms with Gasteiger partial charge >= 0.3 is 0 Å². The second-order valence-corrected chi connectivity index (χ2v) is 10.9. The summed E-state index contributed by atoms with van der Waals surface area (Å²) in [6, 6.07) is 7.48. The number of hydrogen-bond acceptors (Lipinski definition) is 9. The average Bonchev–Trinajstić information content (AvgIpc) is 3.52. The smallest absolute Gasteiger partial charge is 0.261 e. The number of alkyl halides is 2. The van der Waals surface area contributed by atoms with E-state index in [9.17, 15) is 8.78 Å². The molecule has 3 aliphatic heterocycles. The van der Waals surface area contributed by atoms with Crippen molar-refractivity contribution in [3.05, 3.63) is 78.4 Å². The maximum absolute atomic E-state index is 16.6. The Morgan fingerprint density at radius 3 is 2.64 bits per heavy atom. The fraction of sp³-hybridized carbons (Fsp3) is 0.300. The monoisotopic (exact) mass is 571 g/mol. The van der Waals surface area contributed by atoms with Gasteiger partial charge in [0.2, 0.25) is 0 Å². The standard InChI is InChI=1S/C30H28F3N9/c1-40-17-38-27(29-39-21-5-8-36-26(28(21)41(29)2)19-4-3-7-34-12-19)23-22(40)14-37-25(24(23)31)20-10-18(11-35-13-20)15-42-9-6-30(32,33)16-42/h3-5,7-8,10-14,29,39H,6,9,15-17H2,1-2H3. The van der Waals surface area contributed by atoms with Crippen molar-refractivity contribution in [1.82, 2.24) is 24.8 Å². The Bertz CT molecular complexity index is 1700. The molecule has 0 aliphatic carbocycles. The van der Waals surface area contributed by atoms with E-state index in [0.717, 1.165) is 28.2 Å². The van der Waals surface area contributed by atoms with Crippen LogP contribution in [0, 0.1) is 5.82 Å². The number of pyridine rings is 4. The van der Waals surface area contributed by atoms with E-state index in [-0.39, 0.29) is 18.7 Å². The molecule has 1 saturated heterocycles. The maximum atomic E-state index is 16.6. The number of halogens is 3. The molecule has 4 aromatic rings. The zero-order valence-corrected chi connectivity index (χ0v) is 23.1. The number of aliphatic imine (C=N–C) groups is 1. The number of fused-ring (bicyclic) bond motifs is 2. The minimum atomic E-state index is -2.69. The number of rotatable bonds is 5. The van der Waals surface area contributed by atoms with Crippen LogP contribution in [-0.4, -0.2) is 76.5 Å². The molecule has 3 aliphatic rings. The van der Waals surface area contributed by atoms with Gasteiger partial charge in [0.05, 0.1) is 46.8 Å². The Hall–Kier alpha value is -4.58. The lowest BCUT2D eigenvalue weighted by Crippen LogP contribution is -2.44. The first kappa shape index (κ1) is 26.3. The fourth-order valence-electron chi connectivity index (χ4n) is 5.94. The summed E-state index contributed by atoms with van der Waals surface area (Å²) in [7, 11) is 3.78. The van der Waals surface area contributed by atoms with E-state index in [1.54, 1.807) is 48.1 Å². The lowest BCUT2D eigenvalue weighted by atomic mass is 10.00. The Morgan fingerprint density at radius 1 is 1.00 bits per heavy atom. The number of nitrogens with zero attached hydrogens (tertiary/aromatic N) is 8. The Balaban J connectivity index is 1.24. The molecule has 0 aromatic carbocycles. The van der Waals surface area contributed by atoms with Crippen molar-refractivity contribution >= 4 is 22.8 Å². The van der Waals surface area contributed by atoms with Gasteiger partial charge in [-0.25, -0.2) is 13.2 Å². The van der Waals surface area contributed by atoms with E-state index in [4.69, 9.17) is 4.99 Å². The van der Waals surface area contributed by atoms with Crippen LogP contribution in [-0.2, 0) is 6.54 Å². The first-order chi connectivity index (χ1) is 20.3. The first-order valence-corrected chi connectivity index (χ1v) is 13.7. The van der Waals surface area contributed by atoms with E-state index in [1.807, 2.05) is 42.1 Å². The summed E-state index contributed by atoms with van der Waals surface area (Å²) >= 11 is 0. The van der Waals surface area contributed by atoms with Crippen LogP contribution in [0.3, 0.4) is 0 Å². The van der Waals surface area contributed by atoms with Gasteiger partial charge in [-0.3, -0.25) is 29.8 Å². The van der Waals surface area contributed by atoms with Gasteiger partial charge in [-0.15, -0.1) is 0 Å². The summed E-state index contributed by atoms with van der Waals surface area (Å²) in [6.07, 6.45) is 9.42. The fourth-order valence-corrected chi connectivity index (χ4v) is 5.94. The topological polar surface area (TPSA) is 85.7 Å². The van der Waals surface area contributed by atoms with Crippen LogP contribution in [0.25, 0.3) is 22.5 Å². The van der Waals surface area contributed by atoms with Gasteiger partial charge in [0.15, 0.2) is 5.82 Å². The molecule has 9 nitrogen and oxygen atoms in total. The highest BCUT2D eigenvalue weighted by Gasteiger charge is 2.39. The summed E-state index contributed by atoms with van der Waals surface area (Å²) in [6.45, 7) is 0.658. The average molecular weight is 572 g/mol. The molecule has 0 bridgehead atoms. The highest BCUT2D eigenvalue weighted by Crippen LogP contribution is 2.43. The molecule has 12 heteroatoms. The molecule has 1 fully saturated rings. The van der Waals surface area contributed by atoms with Crippen molar-refractivity contribution in [1.29, 1.82) is 0 Å². The first-order valence-electron chi connectivity index (χ1n) is 13.7. The van der Waals surface area contributed by atoms with Gasteiger partial charge in [0.25, 0.3) is 5.92 Å². The van der Waals surface area contributed by atoms with Crippen LogP contribution in [0.4, 0.5) is 30.2 Å². The van der Waals surface area contributed by atoms with Gasteiger partial charge in [-0.05, 0) is 29.8 Å². The molecule has 0 saturated carbocycles. The van der Waals surface area contributed by atoms with E-state index in [0.29, 0.717) is 42.3 Å².